The van der Waals surface area contributed by atoms with Crippen LogP contribution in [-0.4, -0.2) is 50.3 Å². The third-order valence-corrected chi connectivity index (χ3v) is 3.49. The fourth-order valence-electron chi connectivity index (χ4n) is 2.26. The molecule has 0 spiro atoms. The first-order chi connectivity index (χ1) is 11.1. The average Bonchev–Trinajstić information content (AvgIpc) is 2.98. The van der Waals surface area contributed by atoms with Crippen LogP contribution < -0.4 is 14.8 Å². The van der Waals surface area contributed by atoms with Gasteiger partial charge in [-0.1, -0.05) is 0 Å². The van der Waals surface area contributed by atoms with Crippen LogP contribution in [0.25, 0.3) is 0 Å². The largest absolute Gasteiger partial charge is 0.454 e. The van der Waals surface area contributed by atoms with Crippen molar-refractivity contribution in [2.24, 2.45) is 0 Å². The van der Waals surface area contributed by atoms with Gasteiger partial charge in [0.1, 0.15) is 0 Å². The number of carbonyl (C=O) groups is 2. The number of hydrogen-bond acceptors (Lipinski definition) is 5. The van der Waals surface area contributed by atoms with Gasteiger partial charge in [0.25, 0.3) is 0 Å². The summed E-state index contributed by atoms with van der Waals surface area (Å²) in [5.74, 6) is 1.09. The lowest BCUT2D eigenvalue weighted by atomic mass is 10.2. The first-order valence-corrected chi connectivity index (χ1v) is 7.54. The van der Waals surface area contributed by atoms with Crippen molar-refractivity contribution in [3.05, 3.63) is 18.2 Å². The monoisotopic (exact) mass is 322 g/mol. The van der Waals surface area contributed by atoms with Crippen LogP contribution in [0.1, 0.15) is 19.8 Å². The van der Waals surface area contributed by atoms with Gasteiger partial charge in [0.15, 0.2) is 11.5 Å². The molecule has 0 aliphatic carbocycles. The molecule has 0 atom stereocenters. The topological polar surface area (TPSA) is 77.1 Å². The molecule has 0 saturated heterocycles. The molecule has 7 nitrogen and oxygen atoms in total. The number of carbonyl (C=O) groups excluding carboxylic acids is 2. The molecule has 0 aromatic heterocycles. The first-order valence-electron chi connectivity index (χ1n) is 7.54. The number of ether oxygens (including phenoxy) is 3. The minimum Gasteiger partial charge on any atom is -0.454 e. The zero-order chi connectivity index (χ0) is 16.7. The molecule has 126 valence electrons. The Balaban J connectivity index is 1.80. The van der Waals surface area contributed by atoms with Gasteiger partial charge in [0.2, 0.25) is 18.6 Å². The standard InChI is InChI=1S/C16H22N2O5/c1-12(19)18(7-3-9-21-2)8-6-16(20)17-13-4-5-14-15(10-13)23-11-22-14/h4-5,10H,3,6-9,11H2,1-2H3,(H,17,20). The lowest BCUT2D eigenvalue weighted by molar-refractivity contribution is -0.129. The van der Waals surface area contributed by atoms with Gasteiger partial charge in [-0.2, -0.15) is 0 Å². The van der Waals surface area contributed by atoms with E-state index in [-0.39, 0.29) is 25.0 Å². The zero-order valence-electron chi connectivity index (χ0n) is 13.5. The van der Waals surface area contributed by atoms with E-state index < -0.39 is 0 Å². The fourth-order valence-corrected chi connectivity index (χ4v) is 2.26. The summed E-state index contributed by atoms with van der Waals surface area (Å²) in [6, 6.07) is 5.23. The fraction of sp³-hybridized carbons (Fsp3) is 0.500. The van der Waals surface area contributed by atoms with Gasteiger partial charge in [-0.25, -0.2) is 0 Å². The maximum atomic E-state index is 12.0. The Morgan fingerprint density at radius 2 is 2.04 bits per heavy atom. The van der Waals surface area contributed by atoms with Crippen LogP contribution >= 0.6 is 0 Å². The molecular weight excluding hydrogens is 300 g/mol. The highest BCUT2D eigenvalue weighted by Gasteiger charge is 2.15. The Labute approximate surface area is 135 Å². The summed E-state index contributed by atoms with van der Waals surface area (Å²) < 4.78 is 15.5. The minimum absolute atomic E-state index is 0.0445. The molecule has 1 aliphatic rings. The normalized spacial score (nSPS) is 12.1. The predicted octanol–water partition coefficient (Wildman–Crippen LogP) is 1.63. The van der Waals surface area contributed by atoms with Crippen molar-refractivity contribution in [2.45, 2.75) is 19.8 Å². The van der Waals surface area contributed by atoms with Crippen LogP contribution in [0.4, 0.5) is 5.69 Å². The molecule has 1 N–H and O–H groups in total. The molecule has 2 rings (SSSR count). The van der Waals surface area contributed by atoms with Gasteiger partial charge >= 0.3 is 0 Å². The minimum atomic E-state index is -0.151. The third-order valence-electron chi connectivity index (χ3n) is 3.49. The van der Waals surface area contributed by atoms with Crippen molar-refractivity contribution >= 4 is 17.5 Å². The third kappa shape index (κ3) is 5.14. The maximum Gasteiger partial charge on any atom is 0.231 e. The van der Waals surface area contributed by atoms with Gasteiger partial charge < -0.3 is 24.4 Å². The van der Waals surface area contributed by atoms with E-state index in [4.69, 9.17) is 14.2 Å². The van der Waals surface area contributed by atoms with Crippen molar-refractivity contribution in [1.82, 2.24) is 4.90 Å². The van der Waals surface area contributed by atoms with Crippen LogP contribution in [0, 0.1) is 0 Å². The molecule has 1 heterocycles. The highest BCUT2D eigenvalue weighted by Crippen LogP contribution is 2.34. The van der Waals surface area contributed by atoms with E-state index in [1.165, 1.54) is 6.92 Å². The summed E-state index contributed by atoms with van der Waals surface area (Å²) in [6.07, 6.45) is 0.987. The smallest absolute Gasteiger partial charge is 0.231 e. The SMILES string of the molecule is COCCCN(CCC(=O)Nc1ccc2c(c1)OCO2)C(C)=O. The van der Waals surface area contributed by atoms with Gasteiger partial charge in [-0.3, -0.25) is 9.59 Å². The van der Waals surface area contributed by atoms with Crippen molar-refractivity contribution in [1.29, 1.82) is 0 Å². The summed E-state index contributed by atoms with van der Waals surface area (Å²) in [5.41, 5.74) is 0.646. The second kappa shape index (κ2) is 8.38. The van der Waals surface area contributed by atoms with Gasteiger partial charge in [0, 0.05) is 51.9 Å². The molecule has 23 heavy (non-hydrogen) atoms. The second-order valence-electron chi connectivity index (χ2n) is 5.22. The van der Waals surface area contributed by atoms with E-state index in [0.29, 0.717) is 36.9 Å². The molecule has 1 aromatic rings. The molecule has 0 unspecified atom stereocenters. The second-order valence-corrected chi connectivity index (χ2v) is 5.22. The average molecular weight is 322 g/mol. The quantitative estimate of drug-likeness (QED) is 0.736. The van der Waals surface area contributed by atoms with E-state index in [2.05, 4.69) is 5.32 Å². The van der Waals surface area contributed by atoms with Gasteiger partial charge in [0.05, 0.1) is 0 Å². The Morgan fingerprint density at radius 3 is 2.78 bits per heavy atom. The van der Waals surface area contributed by atoms with Gasteiger partial charge in [-0.15, -0.1) is 0 Å². The van der Waals surface area contributed by atoms with E-state index in [1.807, 2.05) is 0 Å². The highest BCUT2D eigenvalue weighted by molar-refractivity contribution is 5.91. The highest BCUT2D eigenvalue weighted by atomic mass is 16.7. The van der Waals surface area contributed by atoms with Crippen molar-refractivity contribution in [2.75, 3.05) is 38.9 Å². The number of benzene rings is 1. The summed E-state index contributed by atoms with van der Waals surface area (Å²) in [4.78, 5) is 25.2. The van der Waals surface area contributed by atoms with E-state index in [9.17, 15) is 9.59 Å². The Hall–Kier alpha value is -2.28. The van der Waals surface area contributed by atoms with Crippen molar-refractivity contribution in [3.8, 4) is 11.5 Å². The number of methoxy groups -OCH3 is 1. The number of nitrogens with zero attached hydrogens (tertiary/aromatic N) is 1. The van der Waals surface area contributed by atoms with Crippen LogP contribution in [0.15, 0.2) is 18.2 Å². The van der Waals surface area contributed by atoms with Crippen molar-refractivity contribution in [3.63, 3.8) is 0 Å². The predicted molar refractivity (Wildman–Crippen MR) is 84.6 cm³/mol. The Kier molecular flexibility index (Phi) is 6.22. The number of nitrogens with one attached hydrogen (secondary N) is 1. The summed E-state index contributed by atoms with van der Waals surface area (Å²) in [5, 5.41) is 2.80. The summed E-state index contributed by atoms with van der Waals surface area (Å²) >= 11 is 0. The lowest BCUT2D eigenvalue weighted by Gasteiger charge is -2.20. The molecule has 1 aromatic carbocycles. The molecule has 0 fully saturated rings. The molecule has 1 aliphatic heterocycles. The summed E-state index contributed by atoms with van der Waals surface area (Å²) in [6.45, 7) is 3.26. The zero-order valence-corrected chi connectivity index (χ0v) is 13.5. The van der Waals surface area contributed by atoms with E-state index in [1.54, 1.807) is 30.2 Å². The van der Waals surface area contributed by atoms with Crippen LogP contribution in [-0.2, 0) is 14.3 Å². The van der Waals surface area contributed by atoms with E-state index >= 15 is 0 Å². The van der Waals surface area contributed by atoms with Crippen molar-refractivity contribution < 1.29 is 23.8 Å². The number of hydrogen-bond donors (Lipinski definition) is 1. The van der Waals surface area contributed by atoms with E-state index in [0.717, 1.165) is 6.42 Å². The number of amides is 2. The van der Waals surface area contributed by atoms with Gasteiger partial charge in [-0.05, 0) is 18.6 Å². The first kappa shape index (κ1) is 17.1. The van der Waals surface area contributed by atoms with Crippen LogP contribution in [0.3, 0.4) is 0 Å². The lowest BCUT2D eigenvalue weighted by Crippen LogP contribution is -2.33. The maximum absolute atomic E-state index is 12.0. The van der Waals surface area contributed by atoms with Crippen LogP contribution in [0.2, 0.25) is 0 Å². The summed E-state index contributed by atoms with van der Waals surface area (Å²) in [7, 11) is 1.62. The molecule has 2 amide bonds. The Bertz CT molecular complexity index is 561. The molecule has 0 saturated carbocycles. The van der Waals surface area contributed by atoms with Crippen LogP contribution in [0.5, 0.6) is 11.5 Å². The molecular formula is C16H22N2O5. The Morgan fingerprint density at radius 1 is 1.26 bits per heavy atom. The molecule has 0 radical (unpaired) electrons. The number of fused-ring (bicyclic) bond motifs is 1. The number of rotatable bonds is 8. The molecule has 0 bridgehead atoms. The molecule has 7 heteroatoms. The number of anilines is 1.